The van der Waals surface area contributed by atoms with Gasteiger partial charge < -0.3 is 15.0 Å². The molecule has 45 heavy (non-hydrogen) atoms. The number of carbonyl (C=O) groups excluding carboxylic acids is 2. The van der Waals surface area contributed by atoms with E-state index < -0.39 is 34.3 Å². The summed E-state index contributed by atoms with van der Waals surface area (Å²) in [6, 6.07) is 28.0. The van der Waals surface area contributed by atoms with Crippen LogP contribution < -0.4 is 14.4 Å². The van der Waals surface area contributed by atoms with Gasteiger partial charge in [-0.15, -0.1) is 0 Å². The molecule has 236 valence electrons. The third kappa shape index (κ3) is 8.92. The lowest BCUT2D eigenvalue weighted by molar-refractivity contribution is -0.140. The molecular weight excluding hydrogens is 593 g/mol. The fraction of sp³-hybridized carbons (Fsp3) is 0.257. The molecule has 4 rings (SSSR count). The summed E-state index contributed by atoms with van der Waals surface area (Å²) >= 11 is 0. The van der Waals surface area contributed by atoms with Crippen molar-refractivity contribution in [2.45, 2.75) is 50.7 Å². The Kier molecular flexibility index (Phi) is 11.3. The van der Waals surface area contributed by atoms with Crippen LogP contribution in [-0.4, -0.2) is 50.4 Å². The van der Waals surface area contributed by atoms with E-state index in [0.29, 0.717) is 17.9 Å². The fourth-order valence-electron chi connectivity index (χ4n) is 4.84. The first-order chi connectivity index (χ1) is 21.6. The maximum Gasteiger partial charge on any atom is 0.264 e. The number of ether oxygens (including phenoxy) is 1. The van der Waals surface area contributed by atoms with Gasteiger partial charge in [-0.25, -0.2) is 12.8 Å². The molecule has 1 atom stereocenters. The lowest BCUT2D eigenvalue weighted by atomic mass is 10.0. The number of hydrogen-bond donors (Lipinski definition) is 1. The largest absolute Gasteiger partial charge is 0.494 e. The van der Waals surface area contributed by atoms with E-state index in [9.17, 15) is 22.4 Å². The average Bonchev–Trinajstić information content (AvgIpc) is 3.03. The number of anilines is 1. The summed E-state index contributed by atoms with van der Waals surface area (Å²) in [6.45, 7) is 5.28. The summed E-state index contributed by atoms with van der Waals surface area (Å²) in [4.78, 5) is 29.5. The number of rotatable bonds is 14. The number of sulfonamides is 1. The maximum atomic E-state index is 14.4. The number of halogens is 1. The predicted octanol–water partition coefficient (Wildman–Crippen LogP) is 5.58. The topological polar surface area (TPSA) is 96.0 Å². The van der Waals surface area contributed by atoms with E-state index in [0.717, 1.165) is 9.87 Å². The zero-order chi connectivity index (χ0) is 32.4. The Hall–Kier alpha value is -4.70. The highest BCUT2D eigenvalue weighted by molar-refractivity contribution is 7.92. The van der Waals surface area contributed by atoms with Gasteiger partial charge in [0.25, 0.3) is 10.0 Å². The van der Waals surface area contributed by atoms with Crippen molar-refractivity contribution in [3.63, 3.8) is 0 Å². The van der Waals surface area contributed by atoms with Gasteiger partial charge in [0.1, 0.15) is 24.2 Å². The Morgan fingerprint density at radius 1 is 0.822 bits per heavy atom. The van der Waals surface area contributed by atoms with Crippen LogP contribution in [-0.2, 0) is 32.6 Å². The minimum atomic E-state index is -4.22. The number of benzene rings is 4. The standard InChI is InChI=1S/C35H38FN3O5S/c1-4-44-31-21-19-30(20-22-31)39(45(42,43)32-13-9-6-10-14-32)25-34(40)38(24-28-15-17-29(36)18-16-28)33(35(41)37-26(2)3)23-27-11-7-5-8-12-27/h5-22,26,33H,4,23-25H2,1-3H3,(H,37,41)/t33-/m0/s1. The van der Waals surface area contributed by atoms with Gasteiger partial charge in [-0.2, -0.15) is 0 Å². The van der Waals surface area contributed by atoms with Gasteiger partial charge in [0.05, 0.1) is 17.2 Å². The summed E-state index contributed by atoms with van der Waals surface area (Å²) < 4.78 is 48.5. The van der Waals surface area contributed by atoms with Gasteiger partial charge in [-0.1, -0.05) is 60.7 Å². The first-order valence-corrected chi connectivity index (χ1v) is 16.2. The van der Waals surface area contributed by atoms with E-state index in [1.54, 1.807) is 54.6 Å². The van der Waals surface area contributed by atoms with Gasteiger partial charge in [0, 0.05) is 19.0 Å². The van der Waals surface area contributed by atoms with Crippen molar-refractivity contribution in [3.05, 3.63) is 126 Å². The monoisotopic (exact) mass is 631 g/mol. The van der Waals surface area contributed by atoms with Crippen LogP contribution in [0.5, 0.6) is 5.75 Å². The van der Waals surface area contributed by atoms with Crippen molar-refractivity contribution >= 4 is 27.5 Å². The number of carbonyl (C=O) groups is 2. The summed E-state index contributed by atoms with van der Waals surface area (Å²) in [5.41, 5.74) is 1.65. The van der Waals surface area contributed by atoms with Crippen LogP contribution in [0.1, 0.15) is 31.9 Å². The summed E-state index contributed by atoms with van der Waals surface area (Å²) in [5, 5.41) is 2.91. The number of amides is 2. The quantitative estimate of drug-likeness (QED) is 0.196. The van der Waals surface area contributed by atoms with Crippen molar-refractivity contribution in [1.82, 2.24) is 10.2 Å². The third-order valence-electron chi connectivity index (χ3n) is 7.01. The van der Waals surface area contributed by atoms with E-state index in [1.807, 2.05) is 51.1 Å². The summed E-state index contributed by atoms with van der Waals surface area (Å²) in [7, 11) is -4.22. The maximum absolute atomic E-state index is 14.4. The molecule has 2 amide bonds. The van der Waals surface area contributed by atoms with Crippen LogP contribution in [0.25, 0.3) is 0 Å². The zero-order valence-electron chi connectivity index (χ0n) is 25.6. The van der Waals surface area contributed by atoms with Crippen LogP contribution in [0.2, 0.25) is 0 Å². The predicted molar refractivity (Wildman–Crippen MR) is 173 cm³/mol. The van der Waals surface area contributed by atoms with Crippen LogP contribution in [0, 0.1) is 5.82 Å². The average molecular weight is 632 g/mol. The molecule has 0 radical (unpaired) electrons. The Morgan fingerprint density at radius 2 is 1.42 bits per heavy atom. The minimum Gasteiger partial charge on any atom is -0.494 e. The van der Waals surface area contributed by atoms with Crippen LogP contribution in [0.3, 0.4) is 0 Å². The molecule has 0 spiro atoms. The van der Waals surface area contributed by atoms with Crippen molar-refractivity contribution in [2.75, 3.05) is 17.5 Å². The molecule has 0 saturated carbocycles. The molecule has 1 N–H and O–H groups in total. The third-order valence-corrected chi connectivity index (χ3v) is 8.80. The van der Waals surface area contributed by atoms with Crippen LogP contribution in [0.15, 0.2) is 114 Å². The van der Waals surface area contributed by atoms with Gasteiger partial charge in [0.15, 0.2) is 0 Å². The van der Waals surface area contributed by atoms with E-state index in [4.69, 9.17) is 4.74 Å². The Labute approximate surface area is 264 Å². The van der Waals surface area contributed by atoms with Crippen LogP contribution in [0.4, 0.5) is 10.1 Å². The number of nitrogens with one attached hydrogen (secondary N) is 1. The molecule has 8 nitrogen and oxygen atoms in total. The van der Waals surface area contributed by atoms with Crippen molar-refractivity contribution in [1.29, 1.82) is 0 Å². The number of nitrogens with zero attached hydrogens (tertiary/aromatic N) is 2. The summed E-state index contributed by atoms with van der Waals surface area (Å²) in [6.07, 6.45) is 0.181. The zero-order valence-corrected chi connectivity index (χ0v) is 26.4. The molecule has 0 aliphatic rings. The highest BCUT2D eigenvalue weighted by Gasteiger charge is 2.34. The van der Waals surface area contributed by atoms with Gasteiger partial charge in [0.2, 0.25) is 11.8 Å². The summed E-state index contributed by atoms with van der Waals surface area (Å²) in [5.74, 6) is -0.878. The molecule has 0 bridgehead atoms. The lowest BCUT2D eigenvalue weighted by Crippen LogP contribution is -2.54. The van der Waals surface area contributed by atoms with Gasteiger partial charge in [-0.05, 0) is 80.4 Å². The second-order valence-corrected chi connectivity index (χ2v) is 12.6. The van der Waals surface area contributed by atoms with E-state index in [2.05, 4.69) is 5.32 Å². The Bertz CT molecular complexity index is 1650. The molecule has 0 saturated heterocycles. The number of hydrogen-bond acceptors (Lipinski definition) is 5. The normalized spacial score (nSPS) is 11.9. The van der Waals surface area contributed by atoms with Gasteiger partial charge in [-0.3, -0.25) is 13.9 Å². The first-order valence-electron chi connectivity index (χ1n) is 14.8. The second-order valence-electron chi connectivity index (χ2n) is 10.8. The van der Waals surface area contributed by atoms with E-state index in [1.165, 1.54) is 29.2 Å². The SMILES string of the molecule is CCOc1ccc(N(CC(=O)N(Cc2ccc(F)cc2)[C@@H](Cc2ccccc2)C(=O)NC(C)C)S(=O)(=O)c2ccccc2)cc1. The highest BCUT2D eigenvalue weighted by atomic mass is 32.2. The highest BCUT2D eigenvalue weighted by Crippen LogP contribution is 2.27. The fourth-order valence-corrected chi connectivity index (χ4v) is 6.28. The lowest BCUT2D eigenvalue weighted by Gasteiger charge is -2.34. The first kappa shape index (κ1) is 33.2. The van der Waals surface area contributed by atoms with E-state index in [-0.39, 0.29) is 35.5 Å². The molecule has 0 fully saturated rings. The van der Waals surface area contributed by atoms with Gasteiger partial charge >= 0.3 is 0 Å². The Morgan fingerprint density at radius 3 is 2.00 bits per heavy atom. The Balaban J connectivity index is 1.79. The molecular formula is C35H38FN3O5S. The molecule has 0 heterocycles. The molecule has 4 aromatic rings. The van der Waals surface area contributed by atoms with Crippen molar-refractivity contribution in [3.8, 4) is 5.75 Å². The molecule has 0 unspecified atom stereocenters. The molecule has 4 aromatic carbocycles. The molecule has 0 aliphatic carbocycles. The molecule has 10 heteroatoms. The van der Waals surface area contributed by atoms with Crippen molar-refractivity contribution in [2.24, 2.45) is 0 Å². The molecule has 0 aliphatic heterocycles. The van der Waals surface area contributed by atoms with Crippen LogP contribution >= 0.6 is 0 Å². The smallest absolute Gasteiger partial charge is 0.264 e. The van der Waals surface area contributed by atoms with E-state index >= 15 is 0 Å². The second kappa shape index (κ2) is 15.3. The minimum absolute atomic E-state index is 0.00940. The molecule has 0 aromatic heterocycles. The van der Waals surface area contributed by atoms with Crippen molar-refractivity contribution < 1.29 is 27.1 Å².